The molecule has 3 saturated heterocycles. The fourth-order valence-corrected chi connectivity index (χ4v) is 6.77. The highest BCUT2D eigenvalue weighted by atomic mass is 79.9. The van der Waals surface area contributed by atoms with Crippen molar-refractivity contribution in [2.75, 3.05) is 31.5 Å². The number of hydrogen-bond acceptors (Lipinski definition) is 7. The number of carbonyl (C=O) groups is 2. The molecule has 10 heteroatoms. The summed E-state index contributed by atoms with van der Waals surface area (Å²) in [6.45, 7) is 4.47. The van der Waals surface area contributed by atoms with Gasteiger partial charge in [-0.2, -0.15) is 11.3 Å². The second kappa shape index (κ2) is 10.1. The van der Waals surface area contributed by atoms with Gasteiger partial charge in [0.05, 0.1) is 13.1 Å². The third-order valence-electron chi connectivity index (χ3n) is 7.89. The quantitative estimate of drug-likeness (QED) is 0.375. The lowest BCUT2D eigenvalue weighted by atomic mass is 9.80. The van der Waals surface area contributed by atoms with Gasteiger partial charge in [0, 0.05) is 36.3 Å². The van der Waals surface area contributed by atoms with Crippen molar-refractivity contribution in [3.63, 3.8) is 0 Å². The second-order valence-electron chi connectivity index (χ2n) is 10.0. The maximum absolute atomic E-state index is 13.5. The third-order valence-corrected chi connectivity index (χ3v) is 8.58. The van der Waals surface area contributed by atoms with E-state index in [1.807, 2.05) is 16.8 Å². The second-order valence-corrected chi connectivity index (χ2v) is 10.8. The molecule has 8 nitrogen and oxygen atoms in total. The average molecular weight is 555 g/mol. The molecule has 1 amide bonds. The van der Waals surface area contributed by atoms with Crippen LogP contribution in [0.15, 0.2) is 27.4 Å². The van der Waals surface area contributed by atoms with Gasteiger partial charge in [0.2, 0.25) is 0 Å². The number of piperidine rings is 3. The van der Waals surface area contributed by atoms with Gasteiger partial charge < -0.3 is 41.1 Å². The average Bonchev–Trinajstić information content (AvgIpc) is 3.57. The zero-order valence-corrected chi connectivity index (χ0v) is 21.8. The number of aryl methyl sites for hydroxylation is 1. The Balaban J connectivity index is 0.00000274. The lowest BCUT2D eigenvalue weighted by Gasteiger charge is -2.51. The Bertz CT molecular complexity index is 998. The maximum Gasteiger partial charge on any atom is 0.343 e. The Morgan fingerprint density at radius 3 is 2.65 bits per heavy atom. The first-order valence-corrected chi connectivity index (χ1v) is 12.9. The molecule has 4 aliphatic rings. The molecule has 0 radical (unpaired) electrons. The molecular weight excluding hydrogens is 522 g/mol. The minimum Gasteiger partial charge on any atom is -1.00 e. The molecule has 3 aliphatic heterocycles. The van der Waals surface area contributed by atoms with Gasteiger partial charge >= 0.3 is 5.97 Å². The van der Waals surface area contributed by atoms with Gasteiger partial charge in [0.25, 0.3) is 5.91 Å². The number of anilines is 1. The number of amides is 1. The molecule has 4 fully saturated rings. The van der Waals surface area contributed by atoms with Crippen LogP contribution in [-0.2, 0) is 19.9 Å². The molecule has 6 rings (SSSR count). The number of aliphatic hydroxyl groups is 1. The molecule has 5 heterocycles. The Labute approximate surface area is 214 Å². The van der Waals surface area contributed by atoms with Crippen LogP contribution in [0.4, 0.5) is 5.82 Å². The molecule has 1 unspecified atom stereocenters. The van der Waals surface area contributed by atoms with Gasteiger partial charge in [-0.1, -0.05) is 18.0 Å². The van der Waals surface area contributed by atoms with E-state index >= 15 is 0 Å². The van der Waals surface area contributed by atoms with Crippen LogP contribution in [0.25, 0.3) is 0 Å². The van der Waals surface area contributed by atoms with Crippen LogP contribution in [0.5, 0.6) is 0 Å². The third kappa shape index (κ3) is 4.82. The Hall–Kier alpha value is -1.75. The number of esters is 1. The van der Waals surface area contributed by atoms with Crippen molar-refractivity contribution >= 4 is 29.0 Å². The highest BCUT2D eigenvalue weighted by molar-refractivity contribution is 7.08. The summed E-state index contributed by atoms with van der Waals surface area (Å²) < 4.78 is 11.7. The Kier molecular flexibility index (Phi) is 7.52. The van der Waals surface area contributed by atoms with Crippen LogP contribution in [0.1, 0.15) is 49.8 Å². The van der Waals surface area contributed by atoms with E-state index in [9.17, 15) is 14.7 Å². The SMILES string of the molecule is Cc1cc(NC(=O)C[N+]23CCC(CC2)[C@@H](OC(=O)C(O)(c2ccsc2)C2CCCC2)C3)no1.[Br-]. The minimum atomic E-state index is -1.59. The number of quaternary nitrogens is 1. The van der Waals surface area contributed by atoms with Gasteiger partial charge in [-0.15, -0.1) is 0 Å². The monoisotopic (exact) mass is 553 g/mol. The molecular formula is C24H32BrN3O5S. The molecule has 34 heavy (non-hydrogen) atoms. The van der Waals surface area contributed by atoms with Crippen molar-refractivity contribution in [3.05, 3.63) is 34.2 Å². The molecule has 2 aromatic heterocycles. The predicted octanol–water partition coefficient (Wildman–Crippen LogP) is 0.217. The fourth-order valence-electron chi connectivity index (χ4n) is 6.06. The summed E-state index contributed by atoms with van der Waals surface area (Å²) in [6.07, 6.45) is 5.25. The van der Waals surface area contributed by atoms with Gasteiger partial charge in [-0.3, -0.25) is 4.79 Å². The molecule has 2 N–H and O–H groups in total. The van der Waals surface area contributed by atoms with Crippen LogP contribution >= 0.6 is 11.3 Å². The van der Waals surface area contributed by atoms with E-state index in [1.54, 1.807) is 13.0 Å². The van der Waals surface area contributed by atoms with Gasteiger partial charge in [-0.25, -0.2) is 4.79 Å². The van der Waals surface area contributed by atoms with Gasteiger partial charge in [0.15, 0.2) is 24.1 Å². The normalized spacial score (nSPS) is 28.2. The first-order valence-electron chi connectivity index (χ1n) is 11.9. The summed E-state index contributed by atoms with van der Waals surface area (Å²) in [5.41, 5.74) is -0.938. The highest BCUT2D eigenvalue weighted by Gasteiger charge is 2.53. The molecule has 2 aromatic rings. The van der Waals surface area contributed by atoms with E-state index in [2.05, 4.69) is 10.5 Å². The Morgan fingerprint density at radius 1 is 1.29 bits per heavy atom. The number of hydrogen-bond donors (Lipinski definition) is 2. The summed E-state index contributed by atoms with van der Waals surface area (Å²) in [4.78, 5) is 26.2. The van der Waals surface area contributed by atoms with E-state index in [0.717, 1.165) is 51.6 Å². The smallest absolute Gasteiger partial charge is 0.343 e. The molecule has 2 bridgehead atoms. The lowest BCUT2D eigenvalue weighted by Crippen LogP contribution is -3.00. The predicted molar refractivity (Wildman–Crippen MR) is 122 cm³/mol. The standard InChI is InChI=1S/C24H31N3O5S.BrH/c1-16-12-21(26-32-16)25-22(28)14-27-9-6-17(7-10-27)20(13-27)31-23(29)24(30,18-4-2-3-5-18)19-8-11-33-15-19;/h8,11-12,15,17-18,20,30H,2-7,9-10,13-14H2,1H3;1H/t17?,20-,24?,27?;/m0./s1. The van der Waals surface area contributed by atoms with Crippen LogP contribution < -0.4 is 22.3 Å². The number of nitrogens with one attached hydrogen (secondary N) is 1. The van der Waals surface area contributed by atoms with Crippen LogP contribution in [0, 0.1) is 18.8 Å². The number of thiophene rings is 1. The van der Waals surface area contributed by atoms with Crippen molar-refractivity contribution in [1.82, 2.24) is 5.16 Å². The first kappa shape index (κ1) is 25.3. The van der Waals surface area contributed by atoms with E-state index in [1.165, 1.54) is 11.3 Å². The van der Waals surface area contributed by atoms with Crippen molar-refractivity contribution in [1.29, 1.82) is 0 Å². The first-order chi connectivity index (χ1) is 15.9. The van der Waals surface area contributed by atoms with Gasteiger partial charge in [-0.05, 0) is 36.6 Å². The number of aromatic nitrogens is 1. The number of fused-ring (bicyclic) bond motifs is 3. The molecule has 1 saturated carbocycles. The van der Waals surface area contributed by atoms with Crippen molar-refractivity contribution in [3.8, 4) is 0 Å². The van der Waals surface area contributed by atoms with E-state index < -0.39 is 11.6 Å². The lowest BCUT2D eigenvalue weighted by molar-refractivity contribution is -0.939. The van der Waals surface area contributed by atoms with Crippen LogP contribution in [-0.4, -0.2) is 58.9 Å². The molecule has 1 aliphatic carbocycles. The maximum atomic E-state index is 13.5. The van der Waals surface area contributed by atoms with Crippen LogP contribution in [0.2, 0.25) is 0 Å². The summed E-state index contributed by atoms with van der Waals surface area (Å²) in [7, 11) is 0. The zero-order chi connectivity index (χ0) is 23.1. The summed E-state index contributed by atoms with van der Waals surface area (Å²) in [6, 6.07) is 3.53. The summed E-state index contributed by atoms with van der Waals surface area (Å²) in [5.74, 6) is 0.596. The zero-order valence-electron chi connectivity index (χ0n) is 19.4. The summed E-state index contributed by atoms with van der Waals surface area (Å²) in [5, 5.41) is 22.1. The largest absolute Gasteiger partial charge is 1.00 e. The van der Waals surface area contributed by atoms with Crippen molar-refractivity contribution < 1.29 is 45.4 Å². The van der Waals surface area contributed by atoms with E-state index in [-0.39, 0.29) is 40.8 Å². The van der Waals surface area contributed by atoms with Gasteiger partial charge in [0.1, 0.15) is 12.3 Å². The minimum absolute atomic E-state index is 0. The van der Waals surface area contributed by atoms with Crippen LogP contribution in [0.3, 0.4) is 0 Å². The number of carbonyl (C=O) groups excluding carboxylic acids is 2. The van der Waals surface area contributed by atoms with Crippen molar-refractivity contribution in [2.45, 2.75) is 57.2 Å². The molecule has 0 spiro atoms. The molecule has 0 aromatic carbocycles. The molecule has 2 atom stereocenters. The number of nitrogens with zero attached hydrogens (tertiary/aromatic N) is 2. The number of halogens is 1. The number of rotatable bonds is 7. The molecule has 186 valence electrons. The highest BCUT2D eigenvalue weighted by Crippen LogP contribution is 2.44. The summed E-state index contributed by atoms with van der Waals surface area (Å²) >= 11 is 1.48. The fraction of sp³-hybridized carbons (Fsp3) is 0.625. The van der Waals surface area contributed by atoms with E-state index in [0.29, 0.717) is 34.7 Å². The number of ether oxygens (including phenoxy) is 1. The van der Waals surface area contributed by atoms with E-state index in [4.69, 9.17) is 9.26 Å². The topological polar surface area (TPSA) is 102 Å². The van der Waals surface area contributed by atoms with Crippen molar-refractivity contribution in [2.24, 2.45) is 11.8 Å². The Morgan fingerprint density at radius 2 is 2.03 bits per heavy atom.